The Morgan fingerprint density at radius 3 is 2.81 bits per heavy atom. The van der Waals surface area contributed by atoms with Crippen molar-refractivity contribution in [3.8, 4) is 5.75 Å². The van der Waals surface area contributed by atoms with Crippen LogP contribution in [-0.2, 0) is 6.42 Å². The second-order valence-electron chi connectivity index (χ2n) is 7.59. The molecule has 6 atom stereocenters. The van der Waals surface area contributed by atoms with Crippen LogP contribution in [0, 0.1) is 17.3 Å². The van der Waals surface area contributed by atoms with E-state index in [4.69, 9.17) is 0 Å². The minimum Gasteiger partial charge on any atom is -0.508 e. The van der Waals surface area contributed by atoms with Crippen LogP contribution in [0.3, 0.4) is 0 Å². The zero-order valence-corrected chi connectivity index (χ0v) is 12.5. The van der Waals surface area contributed by atoms with E-state index < -0.39 is 12.2 Å². The van der Waals surface area contributed by atoms with Crippen molar-refractivity contribution in [2.24, 2.45) is 17.3 Å². The van der Waals surface area contributed by atoms with Crippen LogP contribution < -0.4 is 0 Å². The fourth-order valence-corrected chi connectivity index (χ4v) is 5.56. The van der Waals surface area contributed by atoms with Gasteiger partial charge in [0.15, 0.2) is 0 Å². The monoisotopic (exact) mass is 288 g/mol. The fraction of sp³-hybridized carbons (Fsp3) is 0.667. The van der Waals surface area contributed by atoms with Crippen molar-refractivity contribution < 1.29 is 15.3 Å². The van der Waals surface area contributed by atoms with Crippen molar-refractivity contribution in [1.29, 1.82) is 0 Å². The lowest BCUT2D eigenvalue weighted by Crippen LogP contribution is -2.44. The Hall–Kier alpha value is -1.06. The SMILES string of the molecule is C[C@]12CC[C@@H]3c4ccc(O)cc4CC[C@@H]3[C@@H]1C[C@H](O)[C@@H]2O. The second kappa shape index (κ2) is 4.47. The molecule has 0 saturated heterocycles. The van der Waals surface area contributed by atoms with Crippen LogP contribution in [0.2, 0.25) is 0 Å². The number of aromatic hydroxyl groups is 1. The summed E-state index contributed by atoms with van der Waals surface area (Å²) in [6.45, 7) is 2.17. The summed E-state index contributed by atoms with van der Waals surface area (Å²) in [5.41, 5.74) is 2.57. The summed E-state index contributed by atoms with van der Waals surface area (Å²) in [6, 6.07) is 5.80. The molecule has 0 unspecified atom stereocenters. The number of aryl methyl sites for hydroxylation is 1. The van der Waals surface area contributed by atoms with Gasteiger partial charge >= 0.3 is 0 Å². The molecular formula is C18H24O3. The lowest BCUT2D eigenvalue weighted by atomic mass is 9.55. The molecule has 0 aliphatic heterocycles. The highest BCUT2D eigenvalue weighted by molar-refractivity contribution is 5.40. The number of phenols is 1. The van der Waals surface area contributed by atoms with Crippen LogP contribution in [0.5, 0.6) is 5.75 Å². The van der Waals surface area contributed by atoms with Crippen LogP contribution in [0.1, 0.15) is 49.7 Å². The average Bonchev–Trinajstić information content (AvgIpc) is 2.70. The summed E-state index contributed by atoms with van der Waals surface area (Å²) in [6.07, 6.45) is 3.80. The molecule has 0 amide bonds. The van der Waals surface area contributed by atoms with Crippen molar-refractivity contribution >= 4 is 0 Å². The molecule has 0 aromatic heterocycles. The Morgan fingerprint density at radius 1 is 1.19 bits per heavy atom. The number of hydrogen-bond acceptors (Lipinski definition) is 3. The molecular weight excluding hydrogens is 264 g/mol. The van der Waals surface area contributed by atoms with Crippen molar-refractivity contribution in [3.63, 3.8) is 0 Å². The number of benzene rings is 1. The Bertz CT molecular complexity index is 570. The molecule has 0 radical (unpaired) electrons. The van der Waals surface area contributed by atoms with E-state index in [-0.39, 0.29) is 5.41 Å². The predicted molar refractivity (Wildman–Crippen MR) is 80.1 cm³/mol. The van der Waals surface area contributed by atoms with E-state index >= 15 is 0 Å². The van der Waals surface area contributed by atoms with E-state index in [1.165, 1.54) is 11.1 Å². The van der Waals surface area contributed by atoms with E-state index in [1.807, 2.05) is 6.07 Å². The summed E-state index contributed by atoms with van der Waals surface area (Å²) in [5, 5.41) is 30.2. The maximum absolute atomic E-state index is 10.4. The van der Waals surface area contributed by atoms with Gasteiger partial charge in [0, 0.05) is 0 Å². The number of aliphatic hydroxyl groups excluding tert-OH is 2. The minimum absolute atomic E-state index is 0.116. The van der Waals surface area contributed by atoms with Gasteiger partial charge in [-0.25, -0.2) is 0 Å². The van der Waals surface area contributed by atoms with Gasteiger partial charge in [0.25, 0.3) is 0 Å². The van der Waals surface area contributed by atoms with Crippen molar-refractivity contribution in [1.82, 2.24) is 0 Å². The molecule has 3 aliphatic rings. The van der Waals surface area contributed by atoms with Gasteiger partial charge in [-0.2, -0.15) is 0 Å². The highest BCUT2D eigenvalue weighted by atomic mass is 16.3. The van der Waals surface area contributed by atoms with Gasteiger partial charge in [-0.05, 0) is 78.5 Å². The van der Waals surface area contributed by atoms with Gasteiger partial charge in [-0.3, -0.25) is 0 Å². The van der Waals surface area contributed by atoms with Gasteiger partial charge in [0.05, 0.1) is 12.2 Å². The molecule has 2 fully saturated rings. The summed E-state index contributed by atoms with van der Waals surface area (Å²) in [7, 11) is 0. The average molecular weight is 288 g/mol. The molecule has 3 N–H and O–H groups in total. The first-order valence-corrected chi connectivity index (χ1v) is 8.18. The first-order chi connectivity index (χ1) is 10.0. The number of hydrogen-bond donors (Lipinski definition) is 3. The summed E-state index contributed by atoms with van der Waals surface area (Å²) >= 11 is 0. The van der Waals surface area contributed by atoms with E-state index in [1.54, 1.807) is 6.07 Å². The smallest absolute Gasteiger partial charge is 0.115 e. The van der Waals surface area contributed by atoms with Crippen molar-refractivity contribution in [3.05, 3.63) is 29.3 Å². The molecule has 3 aliphatic carbocycles. The Labute approximate surface area is 125 Å². The molecule has 3 nitrogen and oxygen atoms in total. The molecule has 0 heterocycles. The second-order valence-corrected chi connectivity index (χ2v) is 7.59. The van der Waals surface area contributed by atoms with E-state index in [9.17, 15) is 15.3 Å². The largest absolute Gasteiger partial charge is 0.508 e. The van der Waals surface area contributed by atoms with Gasteiger partial charge in [-0.1, -0.05) is 13.0 Å². The highest BCUT2D eigenvalue weighted by Gasteiger charge is 2.57. The van der Waals surface area contributed by atoms with Gasteiger partial charge in [-0.15, -0.1) is 0 Å². The topological polar surface area (TPSA) is 60.7 Å². The first-order valence-electron chi connectivity index (χ1n) is 8.18. The van der Waals surface area contributed by atoms with Crippen LogP contribution in [0.25, 0.3) is 0 Å². The fourth-order valence-electron chi connectivity index (χ4n) is 5.56. The third kappa shape index (κ3) is 1.80. The summed E-state index contributed by atoms with van der Waals surface area (Å²) in [5.74, 6) is 1.88. The highest BCUT2D eigenvalue weighted by Crippen LogP contribution is 2.60. The molecule has 4 rings (SSSR count). The lowest BCUT2D eigenvalue weighted by molar-refractivity contribution is -0.0505. The number of aliphatic hydroxyl groups is 2. The number of rotatable bonds is 0. The Kier molecular flexibility index (Phi) is 2.89. The van der Waals surface area contributed by atoms with Crippen molar-refractivity contribution in [2.45, 2.75) is 57.2 Å². The third-order valence-electron chi connectivity index (χ3n) is 6.68. The maximum Gasteiger partial charge on any atom is 0.115 e. The lowest BCUT2D eigenvalue weighted by Gasteiger charge is -2.49. The van der Waals surface area contributed by atoms with Gasteiger partial charge < -0.3 is 15.3 Å². The standard InChI is InChI=1S/C18H24O3/c1-18-7-6-13-12-5-3-11(19)8-10(12)2-4-14(13)15(18)9-16(20)17(18)21/h3,5,8,13-17,19-21H,2,4,6-7,9H2,1H3/t13-,14+,15+,16+,17+,18+/m1/s1. The predicted octanol–water partition coefficient (Wildman–Crippen LogP) is 2.58. The van der Waals surface area contributed by atoms with E-state index in [2.05, 4.69) is 13.0 Å². The van der Waals surface area contributed by atoms with Crippen molar-refractivity contribution in [2.75, 3.05) is 0 Å². The Balaban J connectivity index is 1.71. The van der Waals surface area contributed by atoms with E-state index in [0.29, 0.717) is 23.5 Å². The first kappa shape index (κ1) is 13.6. The molecule has 2 saturated carbocycles. The molecule has 3 heteroatoms. The molecule has 114 valence electrons. The quantitative estimate of drug-likeness (QED) is 0.687. The van der Waals surface area contributed by atoms with Crippen LogP contribution in [-0.4, -0.2) is 27.5 Å². The molecule has 21 heavy (non-hydrogen) atoms. The zero-order chi connectivity index (χ0) is 14.8. The minimum atomic E-state index is -0.565. The van der Waals surface area contributed by atoms with Gasteiger partial charge in [0.1, 0.15) is 5.75 Å². The van der Waals surface area contributed by atoms with Crippen LogP contribution in [0.4, 0.5) is 0 Å². The maximum atomic E-state index is 10.4. The van der Waals surface area contributed by atoms with Gasteiger partial charge in [0.2, 0.25) is 0 Å². The number of fused-ring (bicyclic) bond motifs is 5. The van der Waals surface area contributed by atoms with Crippen LogP contribution in [0.15, 0.2) is 18.2 Å². The normalized spacial score (nSPS) is 44.8. The zero-order valence-electron chi connectivity index (χ0n) is 12.5. The molecule has 1 aromatic rings. The molecule has 0 spiro atoms. The Morgan fingerprint density at radius 2 is 2.00 bits per heavy atom. The van der Waals surface area contributed by atoms with Crippen LogP contribution >= 0.6 is 0 Å². The molecule has 0 bridgehead atoms. The molecule has 1 aromatic carbocycles. The summed E-state index contributed by atoms with van der Waals surface area (Å²) in [4.78, 5) is 0. The summed E-state index contributed by atoms with van der Waals surface area (Å²) < 4.78 is 0. The van der Waals surface area contributed by atoms with E-state index in [0.717, 1.165) is 32.1 Å². The third-order valence-corrected chi connectivity index (χ3v) is 6.68. The number of phenolic OH excluding ortho intramolecular Hbond substituents is 1.